The van der Waals surface area contributed by atoms with Crippen LogP contribution in [0.5, 0.6) is 17.2 Å². The quantitative estimate of drug-likeness (QED) is 0.109. The van der Waals surface area contributed by atoms with Crippen LogP contribution in [0.3, 0.4) is 0 Å². The lowest BCUT2D eigenvalue weighted by molar-refractivity contribution is -0.143. The van der Waals surface area contributed by atoms with Gasteiger partial charge in [0.15, 0.2) is 5.78 Å². The average Bonchev–Trinajstić information content (AvgIpc) is 2.80. The molecule has 0 spiro atoms. The van der Waals surface area contributed by atoms with E-state index in [-0.39, 0.29) is 11.8 Å². The number of carbonyl (C=O) groups is 2. The smallest absolute Gasteiger partial charge is 0.316 e. The molecule has 0 radical (unpaired) electrons. The summed E-state index contributed by atoms with van der Waals surface area (Å²) in [6.07, 6.45) is 7.28. The molecule has 2 aromatic carbocycles. The number of ether oxygens (including phenoxy) is 3. The summed E-state index contributed by atoms with van der Waals surface area (Å²) in [5, 5.41) is 0. The molecular formula is C29H38O5. The van der Waals surface area contributed by atoms with Gasteiger partial charge >= 0.3 is 5.97 Å². The summed E-state index contributed by atoms with van der Waals surface area (Å²) in [4.78, 5) is 24.9. The molecule has 0 unspecified atom stereocenters. The zero-order valence-electron chi connectivity index (χ0n) is 21.4. The first-order valence-electron chi connectivity index (χ1n) is 12.1. The second kappa shape index (κ2) is 13.0. The Hall–Kier alpha value is -3.08. The van der Waals surface area contributed by atoms with Gasteiger partial charge < -0.3 is 14.2 Å². The highest BCUT2D eigenvalue weighted by atomic mass is 16.5. The first kappa shape index (κ1) is 27.2. The fourth-order valence-corrected chi connectivity index (χ4v) is 3.01. The Kier molecular flexibility index (Phi) is 10.4. The molecule has 0 atom stereocenters. The van der Waals surface area contributed by atoms with E-state index in [1.807, 2.05) is 19.1 Å². The summed E-state index contributed by atoms with van der Waals surface area (Å²) >= 11 is 0. The second-order valence-corrected chi connectivity index (χ2v) is 9.39. The van der Waals surface area contributed by atoms with Gasteiger partial charge in [-0.2, -0.15) is 0 Å². The molecule has 2 rings (SSSR count). The van der Waals surface area contributed by atoms with E-state index < -0.39 is 5.41 Å². The summed E-state index contributed by atoms with van der Waals surface area (Å²) in [5.41, 5.74) is 1.67. The van der Waals surface area contributed by atoms with E-state index in [1.54, 1.807) is 51.1 Å². The van der Waals surface area contributed by atoms with Crippen LogP contribution in [0.1, 0.15) is 81.8 Å². The largest absolute Gasteiger partial charge is 0.493 e. The highest BCUT2D eigenvalue weighted by molar-refractivity contribution is 6.07. The molecule has 0 heterocycles. The summed E-state index contributed by atoms with van der Waals surface area (Å²) in [6.45, 7) is 12.8. The Balaban J connectivity index is 2.24. The van der Waals surface area contributed by atoms with Crippen LogP contribution >= 0.6 is 0 Å². The zero-order valence-corrected chi connectivity index (χ0v) is 21.4. The van der Waals surface area contributed by atoms with Gasteiger partial charge in [0.25, 0.3) is 0 Å². The molecule has 0 aromatic heterocycles. The number of unbranched alkanes of at least 4 members (excludes halogenated alkanes) is 2. The number of hydrogen-bond donors (Lipinski definition) is 0. The van der Waals surface area contributed by atoms with Gasteiger partial charge in [-0.05, 0) is 88.6 Å². The summed E-state index contributed by atoms with van der Waals surface area (Å²) in [7, 11) is 0. The molecule has 5 nitrogen and oxygen atoms in total. The van der Waals surface area contributed by atoms with E-state index in [9.17, 15) is 9.59 Å². The van der Waals surface area contributed by atoms with Crippen LogP contribution in [0.25, 0.3) is 6.08 Å². The normalized spacial score (nSPS) is 11.5. The van der Waals surface area contributed by atoms with Crippen molar-refractivity contribution in [1.29, 1.82) is 0 Å². The molecular weight excluding hydrogens is 428 g/mol. The zero-order chi connectivity index (χ0) is 25.1. The molecule has 0 saturated carbocycles. The molecule has 2 aromatic rings. The summed E-state index contributed by atoms with van der Waals surface area (Å²) in [6, 6.07) is 10.5. The van der Waals surface area contributed by atoms with Gasteiger partial charge in [0.05, 0.1) is 24.2 Å². The minimum atomic E-state index is -0.598. The molecule has 184 valence electrons. The van der Waals surface area contributed by atoms with Crippen molar-refractivity contribution < 1.29 is 23.8 Å². The molecule has 0 aliphatic rings. The van der Waals surface area contributed by atoms with Gasteiger partial charge in [-0.3, -0.25) is 9.59 Å². The van der Waals surface area contributed by atoms with Crippen molar-refractivity contribution in [3.63, 3.8) is 0 Å². The molecule has 0 bridgehead atoms. The van der Waals surface area contributed by atoms with Crippen molar-refractivity contribution in [3.8, 4) is 17.2 Å². The van der Waals surface area contributed by atoms with Crippen molar-refractivity contribution in [1.82, 2.24) is 0 Å². The van der Waals surface area contributed by atoms with Gasteiger partial charge in [-0.25, -0.2) is 0 Å². The second-order valence-electron chi connectivity index (χ2n) is 9.39. The third-order valence-corrected chi connectivity index (χ3v) is 5.22. The fourth-order valence-electron chi connectivity index (χ4n) is 3.01. The van der Waals surface area contributed by atoms with Crippen LogP contribution in [0.2, 0.25) is 0 Å². The SMILES string of the molecule is CCCCOc1ccc(C)c(OCCCC)c1/C=C/C(=O)c1ccc(OC(=O)C(C)(C)C)cc1. The molecule has 0 amide bonds. The Morgan fingerprint density at radius 3 is 2.09 bits per heavy atom. The van der Waals surface area contributed by atoms with Crippen molar-refractivity contribution in [3.05, 3.63) is 59.2 Å². The third kappa shape index (κ3) is 8.05. The van der Waals surface area contributed by atoms with Crippen LogP contribution < -0.4 is 14.2 Å². The molecule has 0 aliphatic carbocycles. The number of carbonyl (C=O) groups excluding carboxylic acids is 2. The first-order valence-corrected chi connectivity index (χ1v) is 12.1. The Morgan fingerprint density at radius 2 is 1.50 bits per heavy atom. The van der Waals surface area contributed by atoms with Crippen LogP contribution in [0.15, 0.2) is 42.5 Å². The number of benzene rings is 2. The van der Waals surface area contributed by atoms with Crippen molar-refractivity contribution >= 4 is 17.8 Å². The molecule has 0 fully saturated rings. The van der Waals surface area contributed by atoms with E-state index in [2.05, 4.69) is 13.8 Å². The topological polar surface area (TPSA) is 61.8 Å². The van der Waals surface area contributed by atoms with Gasteiger partial charge in [-0.1, -0.05) is 32.8 Å². The van der Waals surface area contributed by atoms with Gasteiger partial charge in [0.1, 0.15) is 17.2 Å². The molecule has 5 heteroatoms. The maximum absolute atomic E-state index is 12.9. The monoisotopic (exact) mass is 466 g/mol. The number of aryl methyl sites for hydroxylation is 1. The minimum Gasteiger partial charge on any atom is -0.493 e. The number of ketones is 1. The van der Waals surface area contributed by atoms with Crippen molar-refractivity contribution in [2.75, 3.05) is 13.2 Å². The first-order chi connectivity index (χ1) is 16.2. The molecule has 0 N–H and O–H groups in total. The number of rotatable bonds is 12. The third-order valence-electron chi connectivity index (χ3n) is 5.22. The van der Waals surface area contributed by atoms with Gasteiger partial charge in [-0.15, -0.1) is 0 Å². The van der Waals surface area contributed by atoms with Crippen LogP contribution in [0.4, 0.5) is 0 Å². The van der Waals surface area contributed by atoms with E-state index in [0.29, 0.717) is 30.3 Å². The predicted octanol–water partition coefficient (Wildman–Crippen LogP) is 7.20. The van der Waals surface area contributed by atoms with Crippen LogP contribution in [0, 0.1) is 12.3 Å². The highest BCUT2D eigenvalue weighted by Crippen LogP contribution is 2.34. The Morgan fingerprint density at radius 1 is 0.882 bits per heavy atom. The molecule has 0 saturated heterocycles. The number of hydrogen-bond acceptors (Lipinski definition) is 5. The van der Waals surface area contributed by atoms with Crippen molar-refractivity contribution in [2.24, 2.45) is 5.41 Å². The van der Waals surface area contributed by atoms with Crippen LogP contribution in [-0.4, -0.2) is 25.0 Å². The molecule has 0 aliphatic heterocycles. The number of esters is 1. The lowest BCUT2D eigenvalue weighted by Crippen LogP contribution is -2.25. The lowest BCUT2D eigenvalue weighted by Gasteiger charge is -2.16. The summed E-state index contributed by atoms with van der Waals surface area (Å²) in [5.74, 6) is 1.39. The molecule has 34 heavy (non-hydrogen) atoms. The van der Waals surface area contributed by atoms with Gasteiger partial charge in [0.2, 0.25) is 0 Å². The Labute approximate surface area is 204 Å². The standard InChI is InChI=1S/C29H38O5/c1-7-9-19-32-26-18-11-21(3)27(33-20-10-8-2)24(26)16-17-25(30)22-12-14-23(15-13-22)34-28(31)29(4,5)6/h11-18H,7-10,19-20H2,1-6H3/b17-16+. The maximum atomic E-state index is 12.9. The van der Waals surface area contributed by atoms with E-state index in [4.69, 9.17) is 14.2 Å². The average molecular weight is 467 g/mol. The predicted molar refractivity (Wildman–Crippen MR) is 137 cm³/mol. The van der Waals surface area contributed by atoms with E-state index in [0.717, 1.165) is 42.6 Å². The minimum absolute atomic E-state index is 0.158. The van der Waals surface area contributed by atoms with Crippen LogP contribution in [-0.2, 0) is 4.79 Å². The lowest BCUT2D eigenvalue weighted by atomic mass is 9.97. The number of allylic oxidation sites excluding steroid dienone is 1. The highest BCUT2D eigenvalue weighted by Gasteiger charge is 2.23. The maximum Gasteiger partial charge on any atom is 0.316 e. The Bertz CT molecular complexity index is 981. The fraction of sp³-hybridized carbons (Fsp3) is 0.448. The summed E-state index contributed by atoms with van der Waals surface area (Å²) < 4.78 is 17.5. The van der Waals surface area contributed by atoms with E-state index in [1.165, 1.54) is 6.08 Å². The van der Waals surface area contributed by atoms with Crippen molar-refractivity contribution in [2.45, 2.75) is 67.2 Å². The van der Waals surface area contributed by atoms with E-state index >= 15 is 0 Å². The van der Waals surface area contributed by atoms with Gasteiger partial charge in [0, 0.05) is 5.56 Å².